The van der Waals surface area contributed by atoms with Crippen LogP contribution >= 0.6 is 0 Å². The van der Waals surface area contributed by atoms with Gasteiger partial charge >= 0.3 is 0 Å². The zero-order valence-electron chi connectivity index (χ0n) is 7.02. The number of sulfone groups is 1. The molecule has 1 N–H and O–H groups in total. The van der Waals surface area contributed by atoms with E-state index in [-0.39, 0.29) is 10.6 Å². The highest BCUT2D eigenvalue weighted by atomic mass is 32.2. The van der Waals surface area contributed by atoms with Crippen molar-refractivity contribution in [3.8, 4) is 5.75 Å². The summed E-state index contributed by atoms with van der Waals surface area (Å²) in [6, 6.07) is 4.66. The molecule has 0 radical (unpaired) electrons. The van der Waals surface area contributed by atoms with Crippen molar-refractivity contribution in [3.05, 3.63) is 24.3 Å². The first-order valence-electron chi connectivity index (χ1n) is 3.72. The van der Waals surface area contributed by atoms with Crippen LogP contribution in [0.15, 0.2) is 29.2 Å². The molecule has 0 saturated carbocycles. The van der Waals surface area contributed by atoms with E-state index in [4.69, 9.17) is 5.11 Å². The molecule has 14 heavy (non-hydrogen) atoms. The molecule has 0 saturated heterocycles. The Morgan fingerprint density at radius 3 is 2.50 bits per heavy atom. The Hall–Kier alpha value is -1.17. The third-order valence-electron chi connectivity index (χ3n) is 1.52. The van der Waals surface area contributed by atoms with E-state index in [1.165, 1.54) is 12.1 Å². The third kappa shape index (κ3) is 2.66. The summed E-state index contributed by atoms with van der Waals surface area (Å²) in [7, 11) is -3.99. The average molecular weight is 222 g/mol. The standard InChI is InChI=1S/C8H8F2O3S/c9-8(10)5-14(12,13)7-3-1-2-6(11)4-7/h1-4,8,11H,5H2. The van der Waals surface area contributed by atoms with Crippen LogP contribution in [-0.4, -0.2) is 25.7 Å². The molecule has 3 nitrogen and oxygen atoms in total. The molecule has 1 rings (SSSR count). The van der Waals surface area contributed by atoms with E-state index in [0.717, 1.165) is 12.1 Å². The smallest absolute Gasteiger partial charge is 0.252 e. The van der Waals surface area contributed by atoms with Gasteiger partial charge in [-0.3, -0.25) is 0 Å². The summed E-state index contributed by atoms with van der Waals surface area (Å²) in [5.41, 5.74) is 0. The third-order valence-corrected chi connectivity index (χ3v) is 3.19. The molecule has 0 bridgehead atoms. The predicted molar refractivity (Wildman–Crippen MR) is 46.2 cm³/mol. The number of rotatable bonds is 3. The monoisotopic (exact) mass is 222 g/mol. The highest BCUT2D eigenvalue weighted by Crippen LogP contribution is 2.18. The molecule has 78 valence electrons. The van der Waals surface area contributed by atoms with Gasteiger partial charge in [0.1, 0.15) is 11.5 Å². The fraction of sp³-hybridized carbons (Fsp3) is 0.250. The van der Waals surface area contributed by atoms with Crippen molar-refractivity contribution in [1.82, 2.24) is 0 Å². The van der Waals surface area contributed by atoms with Crippen molar-refractivity contribution in [3.63, 3.8) is 0 Å². The Bertz CT molecular complexity index is 414. The van der Waals surface area contributed by atoms with E-state index in [9.17, 15) is 17.2 Å². The molecular weight excluding hydrogens is 214 g/mol. The molecule has 0 spiro atoms. The number of aromatic hydroxyl groups is 1. The largest absolute Gasteiger partial charge is 0.508 e. The van der Waals surface area contributed by atoms with Gasteiger partial charge in [0.15, 0.2) is 9.84 Å². The van der Waals surface area contributed by atoms with E-state index >= 15 is 0 Å². The van der Waals surface area contributed by atoms with Crippen LogP contribution in [0.4, 0.5) is 8.78 Å². The summed E-state index contributed by atoms with van der Waals surface area (Å²) >= 11 is 0. The number of benzene rings is 1. The second-order valence-corrected chi connectivity index (χ2v) is 4.70. The first kappa shape index (κ1) is 10.9. The summed E-state index contributed by atoms with van der Waals surface area (Å²) < 4.78 is 46.2. The molecule has 0 amide bonds. The Kier molecular flexibility index (Phi) is 3.05. The van der Waals surface area contributed by atoms with Gasteiger partial charge in [0, 0.05) is 0 Å². The Morgan fingerprint density at radius 1 is 1.36 bits per heavy atom. The lowest BCUT2D eigenvalue weighted by atomic mass is 10.3. The van der Waals surface area contributed by atoms with Crippen molar-refractivity contribution in [2.75, 3.05) is 5.75 Å². The fourth-order valence-electron chi connectivity index (χ4n) is 0.939. The van der Waals surface area contributed by atoms with E-state index in [1.807, 2.05) is 0 Å². The summed E-state index contributed by atoms with van der Waals surface area (Å²) in [5.74, 6) is -1.49. The van der Waals surface area contributed by atoms with Gasteiger partial charge in [0.05, 0.1) is 4.90 Å². The molecule has 0 aliphatic heterocycles. The number of alkyl halides is 2. The zero-order valence-corrected chi connectivity index (χ0v) is 7.84. The normalized spacial score (nSPS) is 11.9. The summed E-state index contributed by atoms with van der Waals surface area (Å²) in [6.45, 7) is 0. The minimum absolute atomic E-state index is 0.264. The number of hydrogen-bond donors (Lipinski definition) is 1. The highest BCUT2D eigenvalue weighted by molar-refractivity contribution is 7.91. The summed E-state index contributed by atoms with van der Waals surface area (Å²) in [5, 5.41) is 8.96. The van der Waals surface area contributed by atoms with Crippen molar-refractivity contribution in [2.45, 2.75) is 11.3 Å². The zero-order chi connectivity index (χ0) is 10.8. The predicted octanol–water partition coefficient (Wildman–Crippen LogP) is 1.43. The molecule has 0 heterocycles. The molecule has 1 aromatic carbocycles. The highest BCUT2D eigenvalue weighted by Gasteiger charge is 2.20. The van der Waals surface area contributed by atoms with E-state index < -0.39 is 22.0 Å². The van der Waals surface area contributed by atoms with Gasteiger partial charge in [-0.2, -0.15) is 0 Å². The van der Waals surface area contributed by atoms with Crippen LogP contribution in [-0.2, 0) is 9.84 Å². The maximum atomic E-state index is 11.9. The molecule has 0 unspecified atom stereocenters. The summed E-state index contributed by atoms with van der Waals surface area (Å²) in [4.78, 5) is -0.294. The second-order valence-electron chi connectivity index (χ2n) is 2.67. The molecule has 0 atom stereocenters. The van der Waals surface area contributed by atoms with Gasteiger partial charge in [-0.25, -0.2) is 17.2 Å². The summed E-state index contributed by atoms with van der Waals surface area (Å²) in [6.07, 6.45) is -2.91. The lowest BCUT2D eigenvalue weighted by molar-refractivity contribution is 0.174. The molecule has 0 fully saturated rings. The lowest BCUT2D eigenvalue weighted by Gasteiger charge is -2.03. The van der Waals surface area contributed by atoms with Gasteiger partial charge in [-0.15, -0.1) is 0 Å². The van der Waals surface area contributed by atoms with Gasteiger partial charge in [0.25, 0.3) is 6.43 Å². The van der Waals surface area contributed by atoms with Crippen LogP contribution in [0.1, 0.15) is 0 Å². The maximum Gasteiger partial charge on any atom is 0.252 e. The number of hydrogen-bond acceptors (Lipinski definition) is 3. The van der Waals surface area contributed by atoms with Crippen LogP contribution in [0.3, 0.4) is 0 Å². The topological polar surface area (TPSA) is 54.4 Å². The first-order valence-corrected chi connectivity index (χ1v) is 5.37. The number of phenolic OH excluding ortho intramolecular Hbond substituents is 1. The van der Waals surface area contributed by atoms with Crippen molar-refractivity contribution in [1.29, 1.82) is 0 Å². The lowest BCUT2D eigenvalue weighted by Crippen LogP contribution is -2.13. The van der Waals surface area contributed by atoms with E-state index in [2.05, 4.69) is 0 Å². The van der Waals surface area contributed by atoms with Crippen LogP contribution in [0.5, 0.6) is 5.75 Å². The van der Waals surface area contributed by atoms with Gasteiger partial charge < -0.3 is 5.11 Å². The molecule has 0 aromatic heterocycles. The molecular formula is C8H8F2O3S. The number of phenols is 1. The van der Waals surface area contributed by atoms with E-state index in [0.29, 0.717) is 0 Å². The SMILES string of the molecule is O=S(=O)(CC(F)F)c1cccc(O)c1. The number of halogens is 2. The molecule has 0 aliphatic rings. The van der Waals surface area contributed by atoms with E-state index in [1.54, 1.807) is 0 Å². The Morgan fingerprint density at radius 2 is 2.00 bits per heavy atom. The Balaban J connectivity index is 3.05. The first-order chi connectivity index (χ1) is 6.42. The van der Waals surface area contributed by atoms with Crippen molar-refractivity contribution in [2.24, 2.45) is 0 Å². The second kappa shape index (κ2) is 3.91. The molecule has 6 heteroatoms. The van der Waals surface area contributed by atoms with Crippen molar-refractivity contribution >= 4 is 9.84 Å². The van der Waals surface area contributed by atoms with Gasteiger partial charge in [-0.05, 0) is 18.2 Å². The van der Waals surface area contributed by atoms with Gasteiger partial charge in [-0.1, -0.05) is 6.07 Å². The minimum atomic E-state index is -3.99. The maximum absolute atomic E-state index is 11.9. The minimum Gasteiger partial charge on any atom is -0.508 e. The molecule has 1 aromatic rings. The molecule has 0 aliphatic carbocycles. The fourth-order valence-corrected chi connectivity index (χ4v) is 2.05. The van der Waals surface area contributed by atoms with Crippen molar-refractivity contribution < 1.29 is 22.3 Å². The van der Waals surface area contributed by atoms with Crippen LogP contribution in [0.2, 0.25) is 0 Å². The van der Waals surface area contributed by atoms with Gasteiger partial charge in [0.2, 0.25) is 0 Å². The van der Waals surface area contributed by atoms with Crippen LogP contribution in [0.25, 0.3) is 0 Å². The quantitative estimate of drug-likeness (QED) is 0.841. The van der Waals surface area contributed by atoms with Crippen LogP contribution < -0.4 is 0 Å². The average Bonchev–Trinajstić information content (AvgIpc) is 2.01. The van der Waals surface area contributed by atoms with Crippen LogP contribution in [0, 0.1) is 0 Å². The Labute approximate surface area is 79.9 Å².